The highest BCUT2D eigenvalue weighted by Gasteiger charge is 2.52. The highest BCUT2D eigenvalue weighted by Crippen LogP contribution is 2.46. The molecule has 2 atom stereocenters. The Bertz CT molecular complexity index is 812. The zero-order valence-corrected chi connectivity index (χ0v) is 17.8. The third-order valence-electron chi connectivity index (χ3n) is 6.21. The molecule has 4 rings (SSSR count). The minimum absolute atomic E-state index is 0.118. The van der Waals surface area contributed by atoms with Crippen molar-refractivity contribution in [2.75, 3.05) is 39.9 Å². The second kappa shape index (κ2) is 8.54. The lowest BCUT2D eigenvalue weighted by Crippen LogP contribution is -2.38. The molecule has 1 aromatic heterocycles. The van der Waals surface area contributed by atoms with Gasteiger partial charge in [0.2, 0.25) is 5.91 Å². The van der Waals surface area contributed by atoms with Gasteiger partial charge in [0.05, 0.1) is 4.34 Å². The number of hydrogen-bond donors (Lipinski definition) is 0. The van der Waals surface area contributed by atoms with E-state index in [1.54, 1.807) is 18.4 Å². The van der Waals surface area contributed by atoms with Crippen molar-refractivity contribution in [3.8, 4) is 0 Å². The normalized spacial score (nSPS) is 24.6. The molecule has 1 aromatic carbocycles. The summed E-state index contributed by atoms with van der Waals surface area (Å²) < 4.78 is 5.94. The Kier molecular flexibility index (Phi) is 6.07. The number of carbonyl (C=O) groups is 1. The topological polar surface area (TPSA) is 32.8 Å². The predicted molar refractivity (Wildman–Crippen MR) is 114 cm³/mol. The van der Waals surface area contributed by atoms with E-state index in [2.05, 4.69) is 41.3 Å². The quantitative estimate of drug-likeness (QED) is 0.682. The Hall–Kier alpha value is -1.40. The Morgan fingerprint density at radius 3 is 2.75 bits per heavy atom. The van der Waals surface area contributed by atoms with Crippen LogP contribution >= 0.6 is 22.9 Å². The van der Waals surface area contributed by atoms with Gasteiger partial charge in [-0.1, -0.05) is 41.9 Å². The fourth-order valence-corrected chi connectivity index (χ4v) is 6.00. The van der Waals surface area contributed by atoms with Crippen molar-refractivity contribution in [2.24, 2.45) is 11.3 Å². The molecule has 2 aliphatic rings. The molecular formula is C22H27ClN2O2S. The van der Waals surface area contributed by atoms with Gasteiger partial charge >= 0.3 is 0 Å². The Balaban J connectivity index is 1.47. The first-order valence-corrected chi connectivity index (χ1v) is 11.0. The number of aryl methyl sites for hydroxylation is 1. The van der Waals surface area contributed by atoms with Gasteiger partial charge < -0.3 is 9.64 Å². The van der Waals surface area contributed by atoms with Crippen LogP contribution in [-0.2, 0) is 22.5 Å². The number of likely N-dealkylation sites (tertiary alicyclic amines) is 2. The summed E-state index contributed by atoms with van der Waals surface area (Å²) in [4.78, 5) is 18.3. The van der Waals surface area contributed by atoms with E-state index >= 15 is 0 Å². The van der Waals surface area contributed by atoms with Gasteiger partial charge in [-0.25, -0.2) is 0 Å². The van der Waals surface area contributed by atoms with E-state index in [4.69, 9.17) is 16.3 Å². The summed E-state index contributed by atoms with van der Waals surface area (Å²) in [5.74, 6) is 0.639. The highest BCUT2D eigenvalue weighted by atomic mass is 35.5. The highest BCUT2D eigenvalue weighted by molar-refractivity contribution is 7.16. The number of ether oxygens (including phenoxy) is 1. The predicted octanol–water partition coefficient (Wildman–Crippen LogP) is 3.94. The number of nitrogens with zero attached hydrogens (tertiary/aromatic N) is 2. The fourth-order valence-electron chi connectivity index (χ4n) is 4.87. The SMILES string of the molecule is COCC(=O)N1CC2CN(Cc3ccc(Cl)s3)CC2(CCc2ccccc2)C1. The average Bonchev–Trinajstić information content (AvgIpc) is 3.34. The smallest absolute Gasteiger partial charge is 0.248 e. The molecule has 3 heterocycles. The van der Waals surface area contributed by atoms with E-state index in [0.717, 1.165) is 49.9 Å². The molecule has 4 nitrogen and oxygen atoms in total. The molecule has 0 radical (unpaired) electrons. The molecule has 0 bridgehead atoms. The second-order valence-corrected chi connectivity index (χ2v) is 9.93. The van der Waals surface area contributed by atoms with Gasteiger partial charge in [-0.15, -0.1) is 11.3 Å². The van der Waals surface area contributed by atoms with Gasteiger partial charge in [-0.2, -0.15) is 0 Å². The number of halogens is 1. The maximum Gasteiger partial charge on any atom is 0.248 e. The number of amides is 1. The number of methoxy groups -OCH3 is 1. The van der Waals surface area contributed by atoms with E-state index in [9.17, 15) is 4.79 Å². The summed E-state index contributed by atoms with van der Waals surface area (Å²) in [6.07, 6.45) is 2.17. The molecule has 0 spiro atoms. The van der Waals surface area contributed by atoms with Crippen molar-refractivity contribution in [3.05, 3.63) is 57.2 Å². The van der Waals surface area contributed by atoms with Crippen LogP contribution in [0.1, 0.15) is 16.9 Å². The third-order valence-corrected chi connectivity index (χ3v) is 7.43. The van der Waals surface area contributed by atoms with Crippen LogP contribution in [0.3, 0.4) is 0 Å². The fraction of sp³-hybridized carbons (Fsp3) is 0.500. The molecule has 2 aromatic rings. The van der Waals surface area contributed by atoms with Crippen molar-refractivity contribution < 1.29 is 9.53 Å². The van der Waals surface area contributed by atoms with Crippen LogP contribution in [0.15, 0.2) is 42.5 Å². The summed E-state index contributed by atoms with van der Waals surface area (Å²) in [6.45, 7) is 4.90. The summed E-state index contributed by atoms with van der Waals surface area (Å²) in [5.41, 5.74) is 1.54. The maximum atomic E-state index is 12.4. The van der Waals surface area contributed by atoms with Gasteiger partial charge in [-0.05, 0) is 36.5 Å². The van der Waals surface area contributed by atoms with Gasteiger partial charge in [-0.3, -0.25) is 9.69 Å². The lowest BCUT2D eigenvalue weighted by molar-refractivity contribution is -0.134. The molecule has 6 heteroatoms. The van der Waals surface area contributed by atoms with Crippen LogP contribution in [0.4, 0.5) is 0 Å². The van der Waals surface area contributed by atoms with Crippen molar-refractivity contribution >= 4 is 28.8 Å². The third kappa shape index (κ3) is 4.28. The Morgan fingerprint density at radius 1 is 1.21 bits per heavy atom. The van der Waals surface area contributed by atoms with E-state index in [1.807, 2.05) is 11.0 Å². The summed E-state index contributed by atoms with van der Waals surface area (Å²) in [5, 5.41) is 0. The standard InChI is InChI=1S/C22H27ClN2O2S/c1-27-14-21(26)25-12-18-11-24(13-19-7-8-20(23)28-19)15-22(18,16-25)10-9-17-5-3-2-4-6-17/h2-8,18H,9-16H2,1H3. The molecule has 2 aliphatic heterocycles. The number of rotatable bonds is 7. The monoisotopic (exact) mass is 418 g/mol. The summed E-state index contributed by atoms with van der Waals surface area (Å²) >= 11 is 7.78. The lowest BCUT2D eigenvalue weighted by Gasteiger charge is -2.29. The number of hydrogen-bond acceptors (Lipinski definition) is 4. The Morgan fingerprint density at radius 2 is 2.04 bits per heavy atom. The van der Waals surface area contributed by atoms with Crippen LogP contribution in [0, 0.1) is 11.3 Å². The van der Waals surface area contributed by atoms with Crippen LogP contribution < -0.4 is 0 Å². The second-order valence-electron chi connectivity index (χ2n) is 8.13. The minimum atomic E-state index is 0.118. The van der Waals surface area contributed by atoms with Gasteiger partial charge in [0.15, 0.2) is 0 Å². The van der Waals surface area contributed by atoms with Gasteiger partial charge in [0.1, 0.15) is 6.61 Å². The number of benzene rings is 1. The van der Waals surface area contributed by atoms with Crippen LogP contribution in [-0.4, -0.2) is 55.6 Å². The first-order chi connectivity index (χ1) is 13.6. The van der Waals surface area contributed by atoms with Crippen molar-refractivity contribution in [2.45, 2.75) is 19.4 Å². The van der Waals surface area contributed by atoms with Crippen molar-refractivity contribution in [1.82, 2.24) is 9.80 Å². The molecule has 0 N–H and O–H groups in total. The summed E-state index contributed by atoms with van der Waals surface area (Å²) in [7, 11) is 1.59. The zero-order chi connectivity index (χ0) is 19.6. The van der Waals surface area contributed by atoms with E-state index in [1.165, 1.54) is 10.4 Å². The zero-order valence-electron chi connectivity index (χ0n) is 16.3. The van der Waals surface area contributed by atoms with E-state index < -0.39 is 0 Å². The molecule has 0 saturated carbocycles. The molecule has 2 fully saturated rings. The lowest BCUT2D eigenvalue weighted by atomic mass is 9.76. The average molecular weight is 419 g/mol. The minimum Gasteiger partial charge on any atom is -0.375 e. The molecule has 0 aliphatic carbocycles. The van der Waals surface area contributed by atoms with Gasteiger partial charge in [0, 0.05) is 50.1 Å². The number of thiophene rings is 1. The largest absolute Gasteiger partial charge is 0.375 e. The molecule has 1 amide bonds. The van der Waals surface area contributed by atoms with Crippen molar-refractivity contribution in [1.29, 1.82) is 0 Å². The van der Waals surface area contributed by atoms with Gasteiger partial charge in [0.25, 0.3) is 0 Å². The van der Waals surface area contributed by atoms with Crippen LogP contribution in [0.25, 0.3) is 0 Å². The molecule has 2 unspecified atom stereocenters. The van der Waals surface area contributed by atoms with Crippen molar-refractivity contribution in [3.63, 3.8) is 0 Å². The Labute approximate surface area is 176 Å². The van der Waals surface area contributed by atoms with E-state index in [-0.39, 0.29) is 17.9 Å². The molecule has 28 heavy (non-hydrogen) atoms. The number of fused-ring (bicyclic) bond motifs is 1. The summed E-state index contributed by atoms with van der Waals surface area (Å²) in [6, 6.07) is 14.8. The first kappa shape index (κ1) is 19.9. The number of carbonyl (C=O) groups excluding carboxylic acids is 1. The molecular weight excluding hydrogens is 392 g/mol. The molecule has 2 saturated heterocycles. The first-order valence-electron chi connectivity index (χ1n) is 9.85. The maximum absolute atomic E-state index is 12.4. The van der Waals surface area contributed by atoms with Crippen LogP contribution in [0.5, 0.6) is 0 Å². The van der Waals surface area contributed by atoms with Crippen LogP contribution in [0.2, 0.25) is 4.34 Å². The molecule has 150 valence electrons. The van der Waals surface area contributed by atoms with E-state index in [0.29, 0.717) is 5.92 Å².